The second-order valence-electron chi connectivity index (χ2n) is 4.79. The number of hydrogen-bond acceptors (Lipinski definition) is 1. The molecule has 1 N–H and O–H groups in total. The van der Waals surface area contributed by atoms with Gasteiger partial charge in [-0.05, 0) is 12.8 Å². The zero-order valence-electron chi connectivity index (χ0n) is 9.71. The van der Waals surface area contributed by atoms with Gasteiger partial charge in [0.25, 0.3) is 0 Å². The Morgan fingerprint density at radius 3 is 1.40 bits per heavy atom. The first-order chi connectivity index (χ1) is 7.30. The van der Waals surface area contributed by atoms with Gasteiger partial charge in [-0.1, -0.05) is 57.8 Å². The molecule has 0 aromatic heterocycles. The van der Waals surface area contributed by atoms with Gasteiger partial charge in [0.15, 0.2) is 8.03 Å². The highest BCUT2D eigenvalue weighted by atomic mass is 31.1. The van der Waals surface area contributed by atoms with Crippen LogP contribution in [0.25, 0.3) is 0 Å². The SMILES string of the molecule is O=[PH](O)C1CCCCCCCCCCC1. The first-order valence-electron chi connectivity index (χ1n) is 6.53. The predicted octanol–water partition coefficient (Wildman–Crippen LogP) is 4.13. The Labute approximate surface area is 94.3 Å². The largest absolute Gasteiger partial charge is 0.346 e. The maximum absolute atomic E-state index is 11.2. The molecular weight excluding hydrogens is 207 g/mol. The van der Waals surface area contributed by atoms with Crippen LogP contribution in [-0.2, 0) is 4.57 Å². The quantitative estimate of drug-likeness (QED) is 0.690. The third-order valence-corrected chi connectivity index (χ3v) is 4.73. The summed E-state index contributed by atoms with van der Waals surface area (Å²) in [6.45, 7) is 0. The second kappa shape index (κ2) is 8.35. The molecule has 0 radical (unpaired) electrons. The average Bonchev–Trinajstić information content (AvgIpc) is 2.18. The molecule has 1 saturated carbocycles. The van der Waals surface area contributed by atoms with E-state index in [1.165, 1.54) is 44.9 Å². The van der Waals surface area contributed by atoms with Crippen molar-refractivity contribution >= 4 is 8.03 Å². The number of hydrogen-bond donors (Lipinski definition) is 1. The summed E-state index contributed by atoms with van der Waals surface area (Å²) in [6, 6.07) is 0. The Hall–Kier alpha value is 0.190. The molecular formula is C12H25O2P. The number of rotatable bonds is 1. The molecule has 0 aromatic carbocycles. The van der Waals surface area contributed by atoms with Crippen LogP contribution in [0.2, 0.25) is 0 Å². The normalized spacial score (nSPS) is 25.1. The smallest absolute Gasteiger partial charge is 0.192 e. The van der Waals surface area contributed by atoms with Crippen LogP contribution >= 0.6 is 8.03 Å². The summed E-state index contributed by atoms with van der Waals surface area (Å²) in [5.74, 6) is 0. The topological polar surface area (TPSA) is 37.3 Å². The van der Waals surface area contributed by atoms with E-state index in [-0.39, 0.29) is 5.66 Å². The van der Waals surface area contributed by atoms with Gasteiger partial charge in [0.2, 0.25) is 0 Å². The van der Waals surface area contributed by atoms with Gasteiger partial charge in [-0.15, -0.1) is 0 Å². The standard InChI is InChI=1S/C12H25O2P/c13-15(14)12-10-8-6-4-2-1-3-5-7-9-11-12/h12,15H,1-11H2,(H,13,14). The lowest BCUT2D eigenvalue weighted by atomic mass is 10.0. The van der Waals surface area contributed by atoms with Crippen molar-refractivity contribution < 1.29 is 9.46 Å². The Bertz CT molecular complexity index is 170. The van der Waals surface area contributed by atoms with Crippen molar-refractivity contribution in [3.63, 3.8) is 0 Å². The van der Waals surface area contributed by atoms with Crippen LogP contribution in [0.5, 0.6) is 0 Å². The molecule has 1 atom stereocenters. The fraction of sp³-hybridized carbons (Fsp3) is 1.00. The Morgan fingerprint density at radius 1 is 0.733 bits per heavy atom. The van der Waals surface area contributed by atoms with E-state index in [0.29, 0.717) is 0 Å². The van der Waals surface area contributed by atoms with E-state index in [1.807, 2.05) is 0 Å². The van der Waals surface area contributed by atoms with Gasteiger partial charge in [0.1, 0.15) is 0 Å². The molecule has 0 heterocycles. The molecule has 0 aromatic rings. The van der Waals surface area contributed by atoms with Crippen LogP contribution in [0.15, 0.2) is 0 Å². The molecule has 0 amide bonds. The average molecular weight is 232 g/mol. The van der Waals surface area contributed by atoms with E-state index < -0.39 is 8.03 Å². The van der Waals surface area contributed by atoms with Crippen LogP contribution in [-0.4, -0.2) is 10.6 Å². The van der Waals surface area contributed by atoms with Crippen molar-refractivity contribution in [3.8, 4) is 0 Å². The first kappa shape index (κ1) is 13.3. The minimum atomic E-state index is -2.27. The highest BCUT2D eigenvalue weighted by Gasteiger charge is 2.13. The maximum atomic E-state index is 11.2. The van der Waals surface area contributed by atoms with Gasteiger partial charge in [0.05, 0.1) is 0 Å². The molecule has 1 fully saturated rings. The van der Waals surface area contributed by atoms with Crippen LogP contribution in [0.1, 0.15) is 70.6 Å². The minimum Gasteiger partial charge on any atom is -0.346 e. The van der Waals surface area contributed by atoms with Gasteiger partial charge in [0, 0.05) is 5.66 Å². The lowest BCUT2D eigenvalue weighted by Gasteiger charge is -2.14. The van der Waals surface area contributed by atoms with E-state index in [0.717, 1.165) is 25.7 Å². The van der Waals surface area contributed by atoms with Crippen LogP contribution in [0, 0.1) is 0 Å². The van der Waals surface area contributed by atoms with Crippen molar-refractivity contribution in [1.82, 2.24) is 0 Å². The van der Waals surface area contributed by atoms with Crippen molar-refractivity contribution in [2.24, 2.45) is 0 Å². The lowest BCUT2D eigenvalue weighted by molar-refractivity contribution is 0.455. The van der Waals surface area contributed by atoms with E-state index in [2.05, 4.69) is 0 Å². The summed E-state index contributed by atoms with van der Waals surface area (Å²) >= 11 is 0. The molecule has 15 heavy (non-hydrogen) atoms. The van der Waals surface area contributed by atoms with Crippen molar-refractivity contribution in [2.75, 3.05) is 0 Å². The van der Waals surface area contributed by atoms with Crippen LogP contribution in [0.3, 0.4) is 0 Å². The van der Waals surface area contributed by atoms with E-state index in [9.17, 15) is 9.46 Å². The lowest BCUT2D eigenvalue weighted by Crippen LogP contribution is -2.03. The molecule has 0 saturated heterocycles. The molecule has 0 bridgehead atoms. The van der Waals surface area contributed by atoms with Gasteiger partial charge in [-0.3, -0.25) is 4.57 Å². The van der Waals surface area contributed by atoms with E-state index >= 15 is 0 Å². The summed E-state index contributed by atoms with van der Waals surface area (Å²) in [5.41, 5.74) is 0.120. The van der Waals surface area contributed by atoms with Gasteiger partial charge < -0.3 is 4.89 Å². The molecule has 3 heteroatoms. The van der Waals surface area contributed by atoms with Crippen molar-refractivity contribution in [3.05, 3.63) is 0 Å². The summed E-state index contributed by atoms with van der Waals surface area (Å²) in [7, 11) is -2.27. The molecule has 0 spiro atoms. The van der Waals surface area contributed by atoms with Gasteiger partial charge in [-0.25, -0.2) is 0 Å². The minimum absolute atomic E-state index is 0.120. The Morgan fingerprint density at radius 2 is 1.07 bits per heavy atom. The monoisotopic (exact) mass is 232 g/mol. The zero-order chi connectivity index (χ0) is 10.9. The highest BCUT2D eigenvalue weighted by molar-refractivity contribution is 7.38. The first-order valence-corrected chi connectivity index (χ1v) is 7.97. The maximum Gasteiger partial charge on any atom is 0.192 e. The molecule has 1 aliphatic carbocycles. The summed E-state index contributed by atoms with van der Waals surface area (Å²) in [6.07, 6.45) is 13.5. The van der Waals surface area contributed by atoms with E-state index in [4.69, 9.17) is 0 Å². The summed E-state index contributed by atoms with van der Waals surface area (Å²) in [4.78, 5) is 9.23. The second-order valence-corrected chi connectivity index (χ2v) is 6.29. The van der Waals surface area contributed by atoms with Crippen molar-refractivity contribution in [2.45, 2.75) is 76.3 Å². The van der Waals surface area contributed by atoms with Crippen LogP contribution < -0.4 is 0 Å². The zero-order valence-corrected chi connectivity index (χ0v) is 10.7. The van der Waals surface area contributed by atoms with Crippen LogP contribution in [0.4, 0.5) is 0 Å². The molecule has 2 nitrogen and oxygen atoms in total. The van der Waals surface area contributed by atoms with Gasteiger partial charge >= 0.3 is 0 Å². The molecule has 90 valence electrons. The molecule has 1 rings (SSSR count). The molecule has 0 aliphatic heterocycles. The Balaban J connectivity index is 2.28. The fourth-order valence-electron chi connectivity index (χ4n) is 2.41. The highest BCUT2D eigenvalue weighted by Crippen LogP contribution is 2.32. The predicted molar refractivity (Wildman–Crippen MR) is 65.8 cm³/mol. The summed E-state index contributed by atoms with van der Waals surface area (Å²) in [5, 5.41) is 0. The molecule has 1 aliphatic rings. The third kappa shape index (κ3) is 6.37. The molecule has 1 unspecified atom stereocenters. The fourth-order valence-corrected chi connectivity index (χ4v) is 3.31. The Kier molecular flexibility index (Phi) is 7.38. The summed E-state index contributed by atoms with van der Waals surface area (Å²) < 4.78 is 11.2. The van der Waals surface area contributed by atoms with Gasteiger partial charge in [-0.2, -0.15) is 0 Å². The third-order valence-electron chi connectivity index (χ3n) is 3.45. The van der Waals surface area contributed by atoms with Crippen molar-refractivity contribution in [1.29, 1.82) is 0 Å². The van der Waals surface area contributed by atoms with E-state index in [1.54, 1.807) is 0 Å².